The lowest BCUT2D eigenvalue weighted by Gasteiger charge is -2.14. The molecule has 1 aliphatic heterocycles. The van der Waals surface area contributed by atoms with Gasteiger partial charge >= 0.3 is 0 Å². The van der Waals surface area contributed by atoms with Gasteiger partial charge in [-0.1, -0.05) is 36.0 Å². The van der Waals surface area contributed by atoms with Gasteiger partial charge < -0.3 is 9.30 Å². The van der Waals surface area contributed by atoms with Gasteiger partial charge in [0, 0.05) is 24.1 Å². The Kier molecular flexibility index (Phi) is 4.61. The number of anilines is 1. The number of para-hydroxylation sites is 1. The van der Waals surface area contributed by atoms with Gasteiger partial charge in [-0.25, -0.2) is 13.4 Å². The summed E-state index contributed by atoms with van der Waals surface area (Å²) in [4.78, 5) is 4.74. The summed E-state index contributed by atoms with van der Waals surface area (Å²) in [6.45, 7) is 2.80. The first-order valence-corrected chi connectivity index (χ1v) is 10.9. The van der Waals surface area contributed by atoms with Gasteiger partial charge in [0.05, 0.1) is 18.5 Å². The zero-order valence-corrected chi connectivity index (χ0v) is 16.6. The molecule has 0 bridgehead atoms. The largest absolute Gasteiger partial charge is 0.495 e. The van der Waals surface area contributed by atoms with Crippen LogP contribution in [0.1, 0.15) is 5.56 Å². The third kappa shape index (κ3) is 3.42. The number of fused-ring (bicyclic) bond motifs is 1. The minimum Gasteiger partial charge on any atom is -0.495 e. The van der Waals surface area contributed by atoms with E-state index in [1.54, 1.807) is 42.1 Å². The molecule has 1 aromatic heterocycles. The maximum absolute atomic E-state index is 13.0. The van der Waals surface area contributed by atoms with Crippen LogP contribution in [0.15, 0.2) is 58.7 Å². The van der Waals surface area contributed by atoms with E-state index in [-0.39, 0.29) is 4.90 Å². The highest BCUT2D eigenvalue weighted by atomic mass is 32.2. The van der Waals surface area contributed by atoms with Crippen LogP contribution in [0, 0.1) is 6.92 Å². The van der Waals surface area contributed by atoms with E-state index in [2.05, 4.69) is 14.3 Å². The maximum Gasteiger partial charge on any atom is 0.265 e. The molecule has 0 amide bonds. The van der Waals surface area contributed by atoms with Crippen molar-refractivity contribution >= 4 is 27.5 Å². The van der Waals surface area contributed by atoms with E-state index in [1.165, 1.54) is 7.11 Å². The fourth-order valence-electron chi connectivity index (χ4n) is 3.03. The number of hydrogen-bond acceptors (Lipinski definition) is 5. The van der Waals surface area contributed by atoms with Crippen LogP contribution in [-0.4, -0.2) is 30.8 Å². The van der Waals surface area contributed by atoms with Gasteiger partial charge in [0.15, 0.2) is 5.16 Å². The first-order valence-electron chi connectivity index (χ1n) is 8.45. The van der Waals surface area contributed by atoms with E-state index in [1.807, 2.05) is 25.3 Å². The molecular weight excluding hydrogens is 382 g/mol. The number of aryl methyl sites for hydroxylation is 2. The van der Waals surface area contributed by atoms with Crippen LogP contribution in [0.5, 0.6) is 5.75 Å². The van der Waals surface area contributed by atoms with Crippen molar-refractivity contribution in [2.75, 3.05) is 17.6 Å². The Morgan fingerprint density at radius 2 is 2.04 bits per heavy atom. The molecule has 2 aromatic carbocycles. The Morgan fingerprint density at radius 1 is 1.22 bits per heavy atom. The summed E-state index contributed by atoms with van der Waals surface area (Å²) in [7, 11) is -2.35. The molecule has 1 aliphatic rings. The van der Waals surface area contributed by atoms with Crippen LogP contribution in [0.4, 0.5) is 5.69 Å². The molecule has 140 valence electrons. The Bertz CT molecular complexity index is 1090. The van der Waals surface area contributed by atoms with E-state index < -0.39 is 10.0 Å². The normalized spacial score (nSPS) is 13.4. The van der Waals surface area contributed by atoms with E-state index in [4.69, 9.17) is 4.74 Å². The monoisotopic (exact) mass is 401 g/mol. The standard InChI is InChI=1S/C19H19N3O3S2/c1-13-7-8-18(17(11-13)25-2)27(23,24)21-15-6-4-3-5-14(15)16-12-22-9-10-26-19(22)20-16/h3-8,11-12,21H,9-10H2,1-2H3. The SMILES string of the molecule is COc1cc(C)ccc1S(=O)(=O)Nc1ccccc1-c1cn2c(n1)SCC2. The van der Waals surface area contributed by atoms with Gasteiger partial charge in [0.25, 0.3) is 10.0 Å². The molecule has 0 spiro atoms. The first-order chi connectivity index (χ1) is 13.0. The van der Waals surface area contributed by atoms with Crippen LogP contribution in [0.2, 0.25) is 0 Å². The molecule has 1 N–H and O–H groups in total. The Hall–Kier alpha value is -2.45. The van der Waals surface area contributed by atoms with Crippen molar-refractivity contribution in [2.24, 2.45) is 0 Å². The van der Waals surface area contributed by atoms with Crippen molar-refractivity contribution in [3.05, 3.63) is 54.2 Å². The molecule has 0 aliphatic carbocycles. The number of rotatable bonds is 5. The third-order valence-corrected chi connectivity index (χ3v) is 6.73. The second kappa shape index (κ2) is 6.94. The molecule has 4 rings (SSSR count). The molecule has 3 aromatic rings. The van der Waals surface area contributed by atoms with Gasteiger partial charge in [-0.15, -0.1) is 0 Å². The van der Waals surface area contributed by atoms with E-state index in [9.17, 15) is 8.42 Å². The van der Waals surface area contributed by atoms with Gasteiger partial charge in [-0.2, -0.15) is 0 Å². The van der Waals surface area contributed by atoms with E-state index >= 15 is 0 Å². The van der Waals surface area contributed by atoms with Crippen LogP contribution in [0.3, 0.4) is 0 Å². The molecule has 0 atom stereocenters. The highest BCUT2D eigenvalue weighted by Gasteiger charge is 2.22. The molecule has 0 saturated heterocycles. The number of methoxy groups -OCH3 is 1. The number of aromatic nitrogens is 2. The molecule has 0 fully saturated rings. The molecule has 0 radical (unpaired) electrons. The lowest BCUT2D eigenvalue weighted by atomic mass is 10.1. The fraction of sp³-hybridized carbons (Fsp3) is 0.211. The highest BCUT2D eigenvalue weighted by Crippen LogP contribution is 2.34. The van der Waals surface area contributed by atoms with Gasteiger partial charge in [-0.3, -0.25) is 4.72 Å². The number of nitrogens with one attached hydrogen (secondary N) is 1. The van der Waals surface area contributed by atoms with Crippen molar-refractivity contribution in [1.82, 2.24) is 9.55 Å². The predicted octanol–water partition coefficient (Wildman–Crippen LogP) is 3.77. The van der Waals surface area contributed by atoms with Gasteiger partial charge in [0.1, 0.15) is 10.6 Å². The number of hydrogen-bond donors (Lipinski definition) is 1. The molecule has 2 heterocycles. The number of ether oxygens (including phenoxy) is 1. The Balaban J connectivity index is 1.73. The Labute approximate surface area is 162 Å². The number of nitrogens with zero attached hydrogens (tertiary/aromatic N) is 2. The zero-order valence-electron chi connectivity index (χ0n) is 15.0. The van der Waals surface area contributed by atoms with Crippen molar-refractivity contribution in [3.8, 4) is 17.0 Å². The number of benzene rings is 2. The molecule has 0 saturated carbocycles. The summed E-state index contributed by atoms with van der Waals surface area (Å²) in [5.74, 6) is 1.33. The first kappa shape index (κ1) is 17.9. The number of thioether (sulfide) groups is 1. The average molecular weight is 402 g/mol. The van der Waals surface area contributed by atoms with E-state index in [0.29, 0.717) is 11.4 Å². The molecule has 8 heteroatoms. The minimum atomic E-state index is -3.81. The summed E-state index contributed by atoms with van der Waals surface area (Å²) >= 11 is 1.70. The van der Waals surface area contributed by atoms with Crippen molar-refractivity contribution in [1.29, 1.82) is 0 Å². The van der Waals surface area contributed by atoms with E-state index in [0.717, 1.165) is 34.3 Å². The van der Waals surface area contributed by atoms with Crippen LogP contribution in [-0.2, 0) is 16.6 Å². The summed E-state index contributed by atoms with van der Waals surface area (Å²) in [6, 6.07) is 12.3. The molecule has 6 nitrogen and oxygen atoms in total. The maximum atomic E-state index is 13.0. The summed E-state index contributed by atoms with van der Waals surface area (Å²) in [5, 5.41) is 0.961. The molecular formula is C19H19N3O3S2. The summed E-state index contributed by atoms with van der Waals surface area (Å²) in [6.07, 6.45) is 1.97. The lowest BCUT2D eigenvalue weighted by molar-refractivity contribution is 0.402. The Morgan fingerprint density at radius 3 is 2.81 bits per heavy atom. The zero-order chi connectivity index (χ0) is 19.0. The smallest absolute Gasteiger partial charge is 0.265 e. The number of sulfonamides is 1. The minimum absolute atomic E-state index is 0.105. The topological polar surface area (TPSA) is 73.2 Å². The second-order valence-electron chi connectivity index (χ2n) is 6.26. The van der Waals surface area contributed by atoms with Crippen molar-refractivity contribution < 1.29 is 13.2 Å². The highest BCUT2D eigenvalue weighted by molar-refractivity contribution is 7.99. The summed E-state index contributed by atoms with van der Waals surface area (Å²) < 4.78 is 36.0. The quantitative estimate of drug-likeness (QED) is 0.704. The van der Waals surface area contributed by atoms with Gasteiger partial charge in [0.2, 0.25) is 0 Å². The number of imidazole rings is 1. The van der Waals surface area contributed by atoms with Crippen LogP contribution < -0.4 is 9.46 Å². The van der Waals surface area contributed by atoms with Crippen molar-refractivity contribution in [3.63, 3.8) is 0 Å². The molecule has 27 heavy (non-hydrogen) atoms. The van der Waals surface area contributed by atoms with Crippen LogP contribution >= 0.6 is 11.8 Å². The second-order valence-corrected chi connectivity index (χ2v) is 8.97. The third-order valence-electron chi connectivity index (χ3n) is 4.36. The summed E-state index contributed by atoms with van der Waals surface area (Å²) in [5.41, 5.74) is 2.92. The lowest BCUT2D eigenvalue weighted by Crippen LogP contribution is -2.14. The average Bonchev–Trinajstić information content (AvgIpc) is 3.23. The van der Waals surface area contributed by atoms with Crippen LogP contribution in [0.25, 0.3) is 11.3 Å². The van der Waals surface area contributed by atoms with Gasteiger partial charge in [-0.05, 0) is 30.7 Å². The molecule has 0 unspecified atom stereocenters. The fourth-order valence-corrected chi connectivity index (χ4v) is 5.21. The predicted molar refractivity (Wildman–Crippen MR) is 107 cm³/mol. The van der Waals surface area contributed by atoms with Crippen molar-refractivity contribution in [2.45, 2.75) is 23.5 Å².